The number of hydrogen-bond donors (Lipinski definition) is 3. The van der Waals surface area contributed by atoms with Crippen LogP contribution >= 0.6 is 0 Å². The van der Waals surface area contributed by atoms with Crippen LogP contribution in [0.15, 0.2) is 30.6 Å². The Morgan fingerprint density at radius 2 is 1.88 bits per heavy atom. The summed E-state index contributed by atoms with van der Waals surface area (Å²) in [6.07, 6.45) is 1.26. The molecule has 5 N–H and O–H groups in total. The molecule has 2 rings (SSSR count). The Kier molecular flexibility index (Phi) is 2.55. The maximum absolute atomic E-state index is 13.3. The van der Waals surface area contributed by atoms with Crippen molar-refractivity contribution in [2.75, 3.05) is 16.8 Å². The van der Waals surface area contributed by atoms with E-state index in [-0.39, 0.29) is 28.8 Å². The molecule has 1 aromatic heterocycles. The van der Waals surface area contributed by atoms with E-state index in [1.165, 1.54) is 12.4 Å². The summed E-state index contributed by atoms with van der Waals surface area (Å²) in [5, 5.41) is 2.75. The Hall–Kier alpha value is -2.37. The van der Waals surface area contributed by atoms with Gasteiger partial charge in [-0.1, -0.05) is 12.1 Å². The highest BCUT2D eigenvalue weighted by Crippen LogP contribution is 2.24. The van der Waals surface area contributed by atoms with E-state index in [2.05, 4.69) is 15.3 Å². The number of aromatic nitrogens is 2. The molecule has 0 unspecified atom stereocenters. The molecular formula is C10H10FN5. The van der Waals surface area contributed by atoms with Crippen LogP contribution in [0, 0.1) is 5.82 Å². The lowest BCUT2D eigenvalue weighted by Crippen LogP contribution is -2.05. The normalized spacial score (nSPS) is 10.1. The van der Waals surface area contributed by atoms with Crippen molar-refractivity contribution < 1.29 is 4.39 Å². The third kappa shape index (κ3) is 1.85. The number of anilines is 4. The number of halogens is 1. The SMILES string of the molecule is Nc1ncnc(Nc2ccccc2F)c1N. The lowest BCUT2D eigenvalue weighted by Gasteiger charge is -2.09. The van der Waals surface area contributed by atoms with Crippen LogP contribution in [0.4, 0.5) is 27.4 Å². The average Bonchev–Trinajstić information content (AvgIpc) is 2.28. The minimum atomic E-state index is -0.390. The summed E-state index contributed by atoms with van der Waals surface area (Å²) in [6, 6.07) is 6.21. The monoisotopic (exact) mass is 219 g/mol. The summed E-state index contributed by atoms with van der Waals surface area (Å²) in [4.78, 5) is 7.59. The van der Waals surface area contributed by atoms with Crippen molar-refractivity contribution >= 4 is 23.0 Å². The minimum Gasteiger partial charge on any atom is -0.393 e. The van der Waals surface area contributed by atoms with Gasteiger partial charge in [0.25, 0.3) is 0 Å². The molecule has 0 aliphatic heterocycles. The number of hydrogen-bond acceptors (Lipinski definition) is 5. The Morgan fingerprint density at radius 1 is 1.12 bits per heavy atom. The number of nitrogens with two attached hydrogens (primary N) is 2. The zero-order valence-corrected chi connectivity index (χ0v) is 8.31. The molecule has 1 aromatic carbocycles. The van der Waals surface area contributed by atoms with Gasteiger partial charge in [0.1, 0.15) is 17.8 Å². The number of rotatable bonds is 2. The van der Waals surface area contributed by atoms with Gasteiger partial charge in [-0.3, -0.25) is 0 Å². The van der Waals surface area contributed by atoms with E-state index in [0.29, 0.717) is 0 Å². The largest absolute Gasteiger partial charge is 0.393 e. The van der Waals surface area contributed by atoms with E-state index < -0.39 is 0 Å². The molecule has 0 spiro atoms. The fourth-order valence-electron chi connectivity index (χ4n) is 1.20. The highest BCUT2D eigenvalue weighted by atomic mass is 19.1. The van der Waals surface area contributed by atoms with E-state index >= 15 is 0 Å². The second-order valence-corrected chi connectivity index (χ2v) is 3.13. The first kappa shape index (κ1) is 10.2. The Morgan fingerprint density at radius 3 is 2.62 bits per heavy atom. The van der Waals surface area contributed by atoms with Crippen LogP contribution in [0.25, 0.3) is 0 Å². The van der Waals surface area contributed by atoms with Gasteiger partial charge in [-0.2, -0.15) is 0 Å². The molecule has 1 heterocycles. The van der Waals surface area contributed by atoms with Crippen LogP contribution in [0.3, 0.4) is 0 Å². The molecule has 0 bridgehead atoms. The van der Waals surface area contributed by atoms with Crippen molar-refractivity contribution in [3.05, 3.63) is 36.4 Å². The molecule has 0 saturated carbocycles. The van der Waals surface area contributed by atoms with E-state index in [1.807, 2.05) is 0 Å². The van der Waals surface area contributed by atoms with Crippen LogP contribution in [-0.2, 0) is 0 Å². The highest BCUT2D eigenvalue weighted by Gasteiger charge is 2.07. The Labute approximate surface area is 91.3 Å². The van der Waals surface area contributed by atoms with E-state index in [4.69, 9.17) is 11.5 Å². The molecule has 5 nitrogen and oxygen atoms in total. The van der Waals surface area contributed by atoms with Crippen LogP contribution in [-0.4, -0.2) is 9.97 Å². The quantitative estimate of drug-likeness (QED) is 0.712. The molecule has 2 aromatic rings. The molecule has 0 radical (unpaired) electrons. The predicted molar refractivity (Wildman–Crippen MR) is 60.5 cm³/mol. The third-order valence-electron chi connectivity index (χ3n) is 2.04. The molecular weight excluding hydrogens is 209 g/mol. The number of nitrogens with one attached hydrogen (secondary N) is 1. The lowest BCUT2D eigenvalue weighted by molar-refractivity contribution is 0.632. The lowest BCUT2D eigenvalue weighted by atomic mass is 10.3. The topological polar surface area (TPSA) is 89.8 Å². The summed E-state index contributed by atoms with van der Waals surface area (Å²) in [5.41, 5.74) is 11.6. The summed E-state index contributed by atoms with van der Waals surface area (Å²) in [5.74, 6) is 0.0607. The van der Waals surface area contributed by atoms with Crippen LogP contribution < -0.4 is 16.8 Å². The van der Waals surface area contributed by atoms with Gasteiger partial charge in [-0.25, -0.2) is 14.4 Å². The molecule has 0 aliphatic carbocycles. The Bertz CT molecular complexity index is 514. The van der Waals surface area contributed by atoms with Crippen molar-refractivity contribution in [2.45, 2.75) is 0 Å². The van der Waals surface area contributed by atoms with Gasteiger partial charge in [0.2, 0.25) is 0 Å². The van der Waals surface area contributed by atoms with Crippen molar-refractivity contribution in [1.82, 2.24) is 9.97 Å². The van der Waals surface area contributed by atoms with Crippen molar-refractivity contribution in [3.8, 4) is 0 Å². The van der Waals surface area contributed by atoms with Crippen molar-refractivity contribution in [3.63, 3.8) is 0 Å². The molecule has 0 aliphatic rings. The smallest absolute Gasteiger partial charge is 0.159 e. The minimum absolute atomic E-state index is 0.161. The van der Waals surface area contributed by atoms with Gasteiger partial charge in [0, 0.05) is 0 Å². The fraction of sp³-hybridized carbons (Fsp3) is 0. The van der Waals surface area contributed by atoms with Gasteiger partial charge in [0.15, 0.2) is 11.6 Å². The van der Waals surface area contributed by atoms with Crippen LogP contribution in [0.1, 0.15) is 0 Å². The number of nitrogens with zero attached hydrogens (tertiary/aromatic N) is 2. The number of para-hydroxylation sites is 1. The fourth-order valence-corrected chi connectivity index (χ4v) is 1.20. The van der Waals surface area contributed by atoms with E-state index in [9.17, 15) is 4.39 Å². The van der Waals surface area contributed by atoms with Gasteiger partial charge >= 0.3 is 0 Å². The van der Waals surface area contributed by atoms with Gasteiger partial charge in [-0.15, -0.1) is 0 Å². The first-order valence-electron chi connectivity index (χ1n) is 4.56. The van der Waals surface area contributed by atoms with Crippen LogP contribution in [0.2, 0.25) is 0 Å². The van der Waals surface area contributed by atoms with Crippen LogP contribution in [0.5, 0.6) is 0 Å². The zero-order chi connectivity index (χ0) is 11.5. The zero-order valence-electron chi connectivity index (χ0n) is 8.31. The van der Waals surface area contributed by atoms with Gasteiger partial charge in [0.05, 0.1) is 5.69 Å². The summed E-state index contributed by atoms with van der Waals surface area (Å²) >= 11 is 0. The second-order valence-electron chi connectivity index (χ2n) is 3.13. The van der Waals surface area contributed by atoms with Crippen molar-refractivity contribution in [1.29, 1.82) is 0 Å². The highest BCUT2D eigenvalue weighted by molar-refractivity contribution is 5.76. The average molecular weight is 219 g/mol. The van der Waals surface area contributed by atoms with Gasteiger partial charge in [-0.05, 0) is 12.1 Å². The molecule has 0 amide bonds. The maximum Gasteiger partial charge on any atom is 0.159 e. The molecule has 16 heavy (non-hydrogen) atoms. The van der Waals surface area contributed by atoms with E-state index in [1.54, 1.807) is 18.2 Å². The number of nitrogen functional groups attached to an aromatic ring is 2. The third-order valence-corrected chi connectivity index (χ3v) is 2.04. The standard InChI is InChI=1S/C10H10FN5/c11-6-3-1-2-4-7(6)16-10-8(12)9(13)14-5-15-10/h1-5H,12H2,(H3,13,14,15,16). The molecule has 0 fully saturated rings. The predicted octanol–water partition coefficient (Wildman–Crippen LogP) is 1.52. The molecule has 82 valence electrons. The summed E-state index contributed by atoms with van der Waals surface area (Å²) in [6.45, 7) is 0. The molecule has 0 saturated heterocycles. The molecule has 0 atom stereocenters. The maximum atomic E-state index is 13.3. The van der Waals surface area contributed by atoms with E-state index in [0.717, 1.165) is 0 Å². The van der Waals surface area contributed by atoms with Gasteiger partial charge < -0.3 is 16.8 Å². The second kappa shape index (κ2) is 4.01. The first-order chi connectivity index (χ1) is 7.68. The number of benzene rings is 1. The first-order valence-corrected chi connectivity index (χ1v) is 4.56. The van der Waals surface area contributed by atoms with Crippen molar-refractivity contribution in [2.24, 2.45) is 0 Å². The molecule has 6 heteroatoms. The summed E-state index contributed by atoms with van der Waals surface area (Å²) in [7, 11) is 0. The Balaban J connectivity index is 2.35. The summed E-state index contributed by atoms with van der Waals surface area (Å²) < 4.78 is 13.3.